The van der Waals surface area contributed by atoms with E-state index in [1.807, 2.05) is 0 Å². The minimum atomic E-state index is -1.84. The smallest absolute Gasteiger partial charge is 0.409 e. The number of halogens is 1. The Hall–Kier alpha value is -3.16. The van der Waals surface area contributed by atoms with E-state index in [1.54, 1.807) is 65.0 Å². The summed E-state index contributed by atoms with van der Waals surface area (Å²) in [6.45, 7) is 8.62. The van der Waals surface area contributed by atoms with E-state index in [4.69, 9.17) is 35.3 Å². The molecule has 3 aliphatic heterocycles. The van der Waals surface area contributed by atoms with Crippen molar-refractivity contribution in [2.24, 2.45) is 11.8 Å². The van der Waals surface area contributed by atoms with Gasteiger partial charge in [0.25, 0.3) is 0 Å². The van der Waals surface area contributed by atoms with E-state index >= 15 is 0 Å². The predicted octanol–water partition coefficient (Wildman–Crippen LogP) is 3.81. The van der Waals surface area contributed by atoms with Crippen molar-refractivity contribution in [2.45, 2.75) is 89.3 Å². The highest BCUT2D eigenvalue weighted by atomic mass is 35.5. The Balaban J connectivity index is 1.83. The zero-order chi connectivity index (χ0) is 33.4. The van der Waals surface area contributed by atoms with Crippen LogP contribution >= 0.6 is 11.6 Å². The van der Waals surface area contributed by atoms with Crippen molar-refractivity contribution in [2.75, 3.05) is 26.2 Å². The summed E-state index contributed by atoms with van der Waals surface area (Å²) in [6.07, 6.45) is -0.848. The van der Waals surface area contributed by atoms with Gasteiger partial charge in [0.1, 0.15) is 40.8 Å². The molecule has 0 spiro atoms. The van der Waals surface area contributed by atoms with E-state index in [2.05, 4.69) is 5.32 Å². The van der Waals surface area contributed by atoms with Crippen LogP contribution in [0.4, 0.5) is 10.5 Å². The van der Waals surface area contributed by atoms with Crippen molar-refractivity contribution in [3.8, 4) is 5.75 Å². The average molecular weight is 651 g/mol. The Morgan fingerprint density at radius 3 is 2.56 bits per heavy atom. The number of benzene rings is 1. The van der Waals surface area contributed by atoms with E-state index in [-0.39, 0.29) is 29.3 Å². The summed E-state index contributed by atoms with van der Waals surface area (Å²) >= 11 is 6.65. The SMILES string of the molecule is COc1cc2cc(c1Cl)N(C)C(=O)CC(OC(=O)C(C)C)[C@]1(C)O[C@H]1[C@H](C)[C@@H]1C[C@@](O)(NC(=O)O1)[C@H](OC)/C=C\C=C(\C)[C@H]2O. The number of alkyl carbamates (subject to hydrolysis) is 1. The van der Waals surface area contributed by atoms with E-state index in [1.165, 1.54) is 26.2 Å². The Morgan fingerprint density at radius 2 is 1.93 bits per heavy atom. The highest BCUT2D eigenvalue weighted by Gasteiger charge is 2.64. The van der Waals surface area contributed by atoms with Crippen LogP contribution in [0.1, 0.15) is 59.1 Å². The van der Waals surface area contributed by atoms with Crippen molar-refractivity contribution in [1.29, 1.82) is 0 Å². The van der Waals surface area contributed by atoms with Gasteiger partial charge in [-0.05, 0) is 37.1 Å². The summed E-state index contributed by atoms with van der Waals surface area (Å²) in [4.78, 5) is 40.6. The number of fused-ring (bicyclic) bond motifs is 5. The first-order chi connectivity index (χ1) is 21.1. The van der Waals surface area contributed by atoms with Crippen LogP contribution in [0.3, 0.4) is 0 Å². The fourth-order valence-corrected chi connectivity index (χ4v) is 6.18. The number of epoxide rings is 1. The van der Waals surface area contributed by atoms with E-state index in [0.717, 1.165) is 0 Å². The van der Waals surface area contributed by atoms with Gasteiger partial charge in [-0.1, -0.05) is 50.6 Å². The summed E-state index contributed by atoms with van der Waals surface area (Å²) in [5.74, 6) is -1.65. The van der Waals surface area contributed by atoms with Crippen LogP contribution in [0.25, 0.3) is 0 Å². The zero-order valence-corrected chi connectivity index (χ0v) is 27.6. The van der Waals surface area contributed by atoms with Gasteiger partial charge in [-0.25, -0.2) is 4.79 Å². The molecule has 0 aromatic heterocycles. The second kappa shape index (κ2) is 13.3. The number of rotatable bonds is 4. The Kier molecular flexibility index (Phi) is 10.3. The topological polar surface area (TPSA) is 156 Å². The number of carbonyl (C=O) groups is 3. The Morgan fingerprint density at radius 1 is 1.24 bits per heavy atom. The Bertz CT molecular complexity index is 1380. The number of nitrogens with one attached hydrogen (secondary N) is 1. The lowest BCUT2D eigenvalue weighted by atomic mass is 9.83. The molecule has 45 heavy (non-hydrogen) atoms. The third-order valence-electron chi connectivity index (χ3n) is 8.89. The predicted molar refractivity (Wildman–Crippen MR) is 165 cm³/mol. The lowest BCUT2D eigenvalue weighted by Gasteiger charge is -2.42. The molecular weight excluding hydrogens is 608 g/mol. The summed E-state index contributed by atoms with van der Waals surface area (Å²) < 4.78 is 28.6. The van der Waals surface area contributed by atoms with Gasteiger partial charge in [0, 0.05) is 26.5 Å². The van der Waals surface area contributed by atoms with Crippen LogP contribution in [0, 0.1) is 11.8 Å². The number of aliphatic hydroxyl groups excluding tert-OH is 1. The number of esters is 1. The van der Waals surface area contributed by atoms with E-state index in [0.29, 0.717) is 11.1 Å². The molecule has 4 rings (SSSR count). The molecule has 2 saturated heterocycles. The van der Waals surface area contributed by atoms with Gasteiger partial charge < -0.3 is 38.8 Å². The molecule has 12 nitrogen and oxygen atoms in total. The third kappa shape index (κ3) is 7.00. The highest BCUT2D eigenvalue weighted by Crippen LogP contribution is 2.49. The lowest BCUT2D eigenvalue weighted by Crippen LogP contribution is -2.63. The number of nitrogens with zero attached hydrogens (tertiary/aromatic N) is 1. The largest absolute Gasteiger partial charge is 0.495 e. The Labute approximate surface area is 268 Å². The molecule has 2 amide bonds. The van der Waals surface area contributed by atoms with Gasteiger partial charge in [0.2, 0.25) is 5.91 Å². The van der Waals surface area contributed by atoms with Gasteiger partial charge in [-0.2, -0.15) is 0 Å². The van der Waals surface area contributed by atoms with Gasteiger partial charge in [-0.15, -0.1) is 0 Å². The fourth-order valence-electron chi connectivity index (χ4n) is 5.86. The average Bonchev–Trinajstić information content (AvgIpc) is 3.68. The normalized spacial score (nSPS) is 35.8. The van der Waals surface area contributed by atoms with Crippen LogP contribution in [0.15, 0.2) is 35.9 Å². The lowest BCUT2D eigenvalue weighted by molar-refractivity contribution is -0.157. The number of ether oxygens (including phenoxy) is 5. The van der Waals surface area contributed by atoms with Crippen molar-refractivity contribution < 1.29 is 48.3 Å². The molecule has 13 heteroatoms. The molecule has 3 N–H and O–H groups in total. The van der Waals surface area contributed by atoms with Crippen LogP contribution in [-0.2, 0) is 28.5 Å². The quantitative estimate of drug-likeness (QED) is 0.323. The maximum atomic E-state index is 13.8. The summed E-state index contributed by atoms with van der Waals surface area (Å²) in [6, 6.07) is 3.17. The molecular formula is C32H43ClN2O10. The second-order valence-electron chi connectivity index (χ2n) is 12.4. The molecule has 0 saturated carbocycles. The second-order valence-corrected chi connectivity index (χ2v) is 12.8. The van der Waals surface area contributed by atoms with Crippen molar-refractivity contribution in [3.63, 3.8) is 0 Å². The molecule has 248 valence electrons. The van der Waals surface area contributed by atoms with Crippen LogP contribution in [0.5, 0.6) is 5.75 Å². The third-order valence-corrected chi connectivity index (χ3v) is 9.27. The van der Waals surface area contributed by atoms with E-state index in [9.17, 15) is 24.6 Å². The maximum absolute atomic E-state index is 13.8. The number of hydrogen-bond donors (Lipinski definition) is 3. The number of methoxy groups -OCH3 is 2. The molecule has 0 radical (unpaired) electrons. The fraction of sp³-hybridized carbons (Fsp3) is 0.594. The van der Waals surface area contributed by atoms with Crippen molar-refractivity contribution >= 4 is 35.3 Å². The molecule has 1 aromatic rings. The van der Waals surface area contributed by atoms with Gasteiger partial charge in [0.15, 0.2) is 5.72 Å². The molecule has 3 heterocycles. The molecule has 8 atom stereocenters. The molecule has 3 aliphatic rings. The number of anilines is 1. The van der Waals surface area contributed by atoms with Crippen LogP contribution in [-0.4, -0.2) is 85.2 Å². The standard InChI is InChI=1S/C32H43ClN2O10/c1-16(2)29(38)44-24-14-25(36)35(6)20-12-19(13-21(41-7)26(20)33)27(37)17(3)10-9-11-23(42-8)32(40)15-22(43-30(39)34-32)18(4)28-31(24,5)45-28/h9-13,16,18,22-24,27-28,37,40H,14-15H2,1-8H3,(H,34,39)/b11-9-,17-10-/t18-,22+,23-,24?,27-,28+,31+,32+/m1/s1. The monoisotopic (exact) mass is 650 g/mol. The zero-order valence-electron chi connectivity index (χ0n) is 26.8. The first-order valence-electron chi connectivity index (χ1n) is 14.9. The molecule has 1 unspecified atom stereocenters. The number of amides is 2. The van der Waals surface area contributed by atoms with Gasteiger partial charge in [-0.3, -0.25) is 14.9 Å². The summed E-state index contributed by atoms with van der Waals surface area (Å²) in [7, 11) is 4.36. The van der Waals surface area contributed by atoms with Crippen molar-refractivity contribution in [3.05, 3.63) is 46.5 Å². The van der Waals surface area contributed by atoms with Crippen LogP contribution < -0.4 is 15.0 Å². The summed E-state index contributed by atoms with van der Waals surface area (Å²) in [5, 5.41) is 25.5. The number of allylic oxidation sites excluding steroid dienone is 2. The maximum Gasteiger partial charge on any atom is 0.409 e. The minimum Gasteiger partial charge on any atom is -0.495 e. The minimum absolute atomic E-state index is 0.0493. The molecule has 0 aliphatic carbocycles. The number of aliphatic hydroxyl groups is 2. The summed E-state index contributed by atoms with van der Waals surface area (Å²) in [5.41, 5.74) is -1.75. The first-order valence-corrected chi connectivity index (χ1v) is 15.2. The van der Waals surface area contributed by atoms with Gasteiger partial charge >= 0.3 is 12.1 Å². The first kappa shape index (κ1) is 34.7. The highest BCUT2D eigenvalue weighted by molar-refractivity contribution is 6.35. The molecule has 1 aromatic carbocycles. The van der Waals surface area contributed by atoms with Crippen LogP contribution in [0.2, 0.25) is 5.02 Å². The van der Waals surface area contributed by atoms with Crippen molar-refractivity contribution in [1.82, 2.24) is 5.32 Å². The number of hydrogen-bond acceptors (Lipinski definition) is 10. The van der Waals surface area contributed by atoms with Gasteiger partial charge in [0.05, 0.1) is 31.2 Å². The number of carbonyl (C=O) groups excluding carboxylic acids is 3. The van der Waals surface area contributed by atoms with E-state index < -0.39 is 71.7 Å². The molecule has 2 fully saturated rings. The molecule has 4 bridgehead atoms.